The molecule has 5 rings (SSSR count). The Morgan fingerprint density at radius 2 is 1.85 bits per heavy atom. The molecule has 0 saturated carbocycles. The fraction of sp³-hybridized carbons (Fsp3) is 0.217. The topological polar surface area (TPSA) is 83.1 Å². The van der Waals surface area contributed by atoms with Crippen LogP contribution in [0.3, 0.4) is 0 Å². The number of nitrogens with one attached hydrogen (secondary N) is 2. The number of halogens is 4. The lowest BCUT2D eigenvalue weighted by Crippen LogP contribution is -2.49. The summed E-state index contributed by atoms with van der Waals surface area (Å²) < 4.78 is 56.3. The first-order valence-electron chi connectivity index (χ1n) is 10.4. The van der Waals surface area contributed by atoms with Crippen molar-refractivity contribution in [2.45, 2.75) is 31.3 Å². The van der Waals surface area contributed by atoms with Crippen LogP contribution in [0.2, 0.25) is 0 Å². The fourth-order valence-electron chi connectivity index (χ4n) is 4.19. The van der Waals surface area contributed by atoms with E-state index in [4.69, 9.17) is 0 Å². The van der Waals surface area contributed by atoms with Crippen LogP contribution >= 0.6 is 0 Å². The van der Waals surface area contributed by atoms with Gasteiger partial charge in [0.05, 0.1) is 41.0 Å². The van der Waals surface area contributed by atoms with Gasteiger partial charge in [-0.25, -0.2) is 14.4 Å². The molecule has 34 heavy (non-hydrogen) atoms. The summed E-state index contributed by atoms with van der Waals surface area (Å²) in [5.74, 6) is -0.119. The van der Waals surface area contributed by atoms with Crippen LogP contribution in [-0.2, 0) is 6.18 Å². The van der Waals surface area contributed by atoms with E-state index in [0.29, 0.717) is 11.5 Å². The molecule has 7 nitrogen and oxygen atoms in total. The van der Waals surface area contributed by atoms with Crippen LogP contribution < -0.4 is 16.2 Å². The summed E-state index contributed by atoms with van der Waals surface area (Å²) in [4.78, 5) is 26.6. The van der Waals surface area contributed by atoms with Gasteiger partial charge in [0.25, 0.3) is 5.56 Å². The number of amidine groups is 1. The smallest absolute Gasteiger partial charge is 0.363 e. The number of nitrogens with zero attached hydrogens (tertiary/aromatic N) is 4. The molecule has 2 aliphatic rings. The summed E-state index contributed by atoms with van der Waals surface area (Å²) in [6.45, 7) is 1.70. The Labute approximate surface area is 190 Å². The molecule has 0 aliphatic carbocycles. The lowest BCUT2D eigenvalue weighted by Gasteiger charge is -2.24. The number of fused-ring (bicyclic) bond motifs is 2. The van der Waals surface area contributed by atoms with Gasteiger partial charge < -0.3 is 10.6 Å². The minimum atomic E-state index is -4.74. The van der Waals surface area contributed by atoms with E-state index in [1.807, 2.05) is 0 Å². The third-order valence-electron chi connectivity index (χ3n) is 5.72. The zero-order valence-electron chi connectivity index (χ0n) is 17.7. The highest BCUT2D eigenvalue weighted by molar-refractivity contribution is 6.00. The second-order valence-electron chi connectivity index (χ2n) is 7.91. The van der Waals surface area contributed by atoms with Crippen LogP contribution in [0.25, 0.3) is 16.5 Å². The monoisotopic (exact) mass is 470 g/mol. The molecule has 0 bridgehead atoms. The number of benzene rings is 2. The molecular formula is C23H18F4N6O. The number of aliphatic imine (C=N–C) groups is 3. The van der Waals surface area contributed by atoms with E-state index in [-0.39, 0.29) is 23.3 Å². The van der Waals surface area contributed by atoms with Gasteiger partial charge in [0.1, 0.15) is 17.7 Å². The average molecular weight is 470 g/mol. The first kappa shape index (κ1) is 21.8. The molecule has 2 N–H and O–H groups in total. The van der Waals surface area contributed by atoms with Crippen molar-refractivity contribution in [3.63, 3.8) is 0 Å². The standard InChI is InChI=1S/C23H18F4N6O/c1-12(32-21-19-20(29-10-28-19)30-11-31-21)17-8-13-4-2-7-16(23(25,26)27)18(13)22(34)33(17)15-6-3-5-14(24)9-15/h2-12,19-20H,1H3,(H,28,29)(H,30,31,32)/t12-,19?,20?/m0/s1. The van der Waals surface area contributed by atoms with Crippen molar-refractivity contribution in [2.24, 2.45) is 15.0 Å². The molecular weight excluding hydrogens is 452 g/mol. The van der Waals surface area contributed by atoms with E-state index in [1.54, 1.807) is 6.92 Å². The van der Waals surface area contributed by atoms with Crippen molar-refractivity contribution in [2.75, 3.05) is 0 Å². The third kappa shape index (κ3) is 3.72. The molecule has 2 unspecified atom stereocenters. The number of hydrogen-bond donors (Lipinski definition) is 2. The predicted molar refractivity (Wildman–Crippen MR) is 121 cm³/mol. The lowest BCUT2D eigenvalue weighted by molar-refractivity contribution is -0.136. The van der Waals surface area contributed by atoms with E-state index >= 15 is 0 Å². The van der Waals surface area contributed by atoms with Crippen LogP contribution in [0, 0.1) is 5.82 Å². The van der Waals surface area contributed by atoms with Crippen molar-refractivity contribution in [1.29, 1.82) is 0 Å². The van der Waals surface area contributed by atoms with Crippen LogP contribution in [0.1, 0.15) is 24.2 Å². The SMILES string of the molecule is C[C@H](N=C1NC=NC2N=CNC12)c1cc2cccc(C(F)(F)F)c2c(=O)n1-c1cccc(F)c1. The molecule has 2 aromatic carbocycles. The van der Waals surface area contributed by atoms with Gasteiger partial charge in [-0.1, -0.05) is 18.2 Å². The first-order valence-corrected chi connectivity index (χ1v) is 10.4. The highest BCUT2D eigenvalue weighted by Gasteiger charge is 2.35. The summed E-state index contributed by atoms with van der Waals surface area (Å²) in [6.07, 6.45) is -2.13. The molecule has 174 valence electrons. The van der Waals surface area contributed by atoms with Crippen LogP contribution in [-0.4, -0.2) is 35.3 Å². The molecule has 3 atom stereocenters. The van der Waals surface area contributed by atoms with Crippen molar-refractivity contribution >= 4 is 29.3 Å². The first-order chi connectivity index (χ1) is 16.2. The van der Waals surface area contributed by atoms with Crippen molar-refractivity contribution in [3.05, 3.63) is 76.0 Å². The minimum absolute atomic E-state index is 0.101. The third-order valence-corrected chi connectivity index (χ3v) is 5.72. The summed E-state index contributed by atoms with van der Waals surface area (Å²) in [5.41, 5.74) is -1.55. The van der Waals surface area contributed by atoms with Crippen LogP contribution in [0.4, 0.5) is 17.6 Å². The number of hydrogen-bond acceptors (Lipinski definition) is 5. The number of aromatic nitrogens is 1. The maximum atomic E-state index is 14.0. The number of pyridine rings is 1. The lowest BCUT2D eigenvalue weighted by atomic mass is 10.0. The maximum absolute atomic E-state index is 14.0. The van der Waals surface area contributed by atoms with Gasteiger partial charge in [-0.2, -0.15) is 13.2 Å². The molecule has 0 spiro atoms. The number of rotatable bonds is 3. The largest absolute Gasteiger partial charge is 0.417 e. The molecule has 0 amide bonds. The number of alkyl halides is 3. The summed E-state index contributed by atoms with van der Waals surface area (Å²) >= 11 is 0. The van der Waals surface area contributed by atoms with Gasteiger partial charge in [0.15, 0.2) is 6.17 Å². The molecule has 0 radical (unpaired) electrons. The van der Waals surface area contributed by atoms with Gasteiger partial charge in [-0.15, -0.1) is 0 Å². The molecule has 2 aliphatic heterocycles. The molecule has 0 saturated heterocycles. The second kappa shape index (κ2) is 8.08. The highest BCUT2D eigenvalue weighted by atomic mass is 19.4. The van der Waals surface area contributed by atoms with Gasteiger partial charge in [-0.05, 0) is 42.6 Å². The van der Waals surface area contributed by atoms with Gasteiger partial charge in [0.2, 0.25) is 0 Å². The summed E-state index contributed by atoms with van der Waals surface area (Å²) in [6, 6.07) is 9.16. The summed E-state index contributed by atoms with van der Waals surface area (Å²) in [5, 5.41) is 5.63. The van der Waals surface area contributed by atoms with Gasteiger partial charge in [-0.3, -0.25) is 14.4 Å². The molecule has 1 aromatic heterocycles. The minimum Gasteiger partial charge on any atom is -0.363 e. The van der Waals surface area contributed by atoms with E-state index in [0.717, 1.165) is 16.7 Å². The maximum Gasteiger partial charge on any atom is 0.417 e. The van der Waals surface area contributed by atoms with E-state index in [2.05, 4.69) is 25.6 Å². The zero-order chi connectivity index (χ0) is 24.0. The highest BCUT2D eigenvalue weighted by Crippen LogP contribution is 2.34. The Kier molecular flexibility index (Phi) is 5.18. The van der Waals surface area contributed by atoms with E-state index < -0.39 is 34.5 Å². The van der Waals surface area contributed by atoms with Crippen molar-refractivity contribution in [1.82, 2.24) is 15.2 Å². The quantitative estimate of drug-likeness (QED) is 0.575. The normalized spacial score (nSPS) is 21.4. The van der Waals surface area contributed by atoms with Gasteiger partial charge in [0, 0.05) is 0 Å². The Morgan fingerprint density at radius 1 is 1.09 bits per heavy atom. The molecule has 11 heteroatoms. The van der Waals surface area contributed by atoms with Crippen LogP contribution in [0.15, 0.2) is 68.3 Å². The Balaban J connectivity index is 1.74. The van der Waals surface area contributed by atoms with E-state index in [9.17, 15) is 22.4 Å². The Hall–Kier alpha value is -4.02. The van der Waals surface area contributed by atoms with Crippen LogP contribution in [0.5, 0.6) is 0 Å². The Bertz CT molecular complexity index is 1430. The average Bonchev–Trinajstić information content (AvgIpc) is 3.28. The zero-order valence-corrected chi connectivity index (χ0v) is 17.7. The molecule has 3 aromatic rings. The van der Waals surface area contributed by atoms with E-state index in [1.165, 1.54) is 49.1 Å². The van der Waals surface area contributed by atoms with Crippen molar-refractivity contribution < 1.29 is 17.6 Å². The second-order valence-corrected chi connectivity index (χ2v) is 7.91. The van der Waals surface area contributed by atoms with Gasteiger partial charge >= 0.3 is 6.18 Å². The summed E-state index contributed by atoms with van der Waals surface area (Å²) in [7, 11) is 0. The fourth-order valence-corrected chi connectivity index (χ4v) is 4.19. The van der Waals surface area contributed by atoms with Crippen molar-refractivity contribution in [3.8, 4) is 5.69 Å². The molecule has 0 fully saturated rings. The molecule has 3 heterocycles. The Morgan fingerprint density at radius 3 is 2.62 bits per heavy atom. The predicted octanol–water partition coefficient (Wildman–Crippen LogP) is 3.57.